The maximum Gasteiger partial charge on any atom is 0.246 e. The Kier molecular flexibility index (Phi) is 7.81. The Hall–Kier alpha value is -2.98. The average molecular weight is 565 g/mol. The molecule has 5 heterocycles. The number of amides is 1. The number of aromatic nitrogens is 2. The number of hydrogen-bond donors (Lipinski definition) is 1. The van der Waals surface area contributed by atoms with Crippen LogP contribution in [0.25, 0.3) is 0 Å². The largest absolute Gasteiger partial charge is 0.486 e. The van der Waals surface area contributed by atoms with Gasteiger partial charge in [0.1, 0.15) is 30.3 Å². The summed E-state index contributed by atoms with van der Waals surface area (Å²) in [6.07, 6.45) is 6.48. The van der Waals surface area contributed by atoms with Crippen molar-refractivity contribution in [3.8, 4) is 5.75 Å². The molecule has 7 rings (SSSR count). The minimum absolute atomic E-state index is 0.0398. The highest BCUT2D eigenvalue weighted by Gasteiger charge is 2.39. The number of benzene rings is 1. The van der Waals surface area contributed by atoms with Crippen LogP contribution in [-0.2, 0) is 22.2 Å². The smallest absolute Gasteiger partial charge is 0.246 e. The molecule has 1 unspecified atom stereocenters. The lowest BCUT2D eigenvalue weighted by molar-refractivity contribution is -0.125. The topological polar surface area (TPSA) is 90.9 Å². The molecule has 0 radical (unpaired) electrons. The Balaban J connectivity index is 0.00000142. The number of carbonyl (C=O) groups excluding carboxylic acids is 1. The molecule has 4 fully saturated rings. The number of rotatable bonds is 5. The summed E-state index contributed by atoms with van der Waals surface area (Å²) in [5, 5.41) is 3.62. The van der Waals surface area contributed by atoms with Crippen molar-refractivity contribution in [1.29, 1.82) is 0 Å². The Morgan fingerprint density at radius 3 is 2.58 bits per heavy atom. The van der Waals surface area contributed by atoms with E-state index in [0.717, 1.165) is 74.3 Å². The van der Waals surface area contributed by atoms with E-state index in [9.17, 15) is 9.00 Å². The van der Waals surface area contributed by atoms with Crippen molar-refractivity contribution in [1.82, 2.24) is 19.8 Å². The van der Waals surface area contributed by atoms with Crippen molar-refractivity contribution in [2.75, 3.05) is 61.0 Å². The predicted molar refractivity (Wildman–Crippen MR) is 159 cm³/mol. The Bertz CT molecular complexity index is 1300. The van der Waals surface area contributed by atoms with Gasteiger partial charge in [0, 0.05) is 73.5 Å². The molecular weight excluding hydrogens is 524 g/mol. The van der Waals surface area contributed by atoms with E-state index in [1.807, 2.05) is 18.7 Å². The van der Waals surface area contributed by atoms with Crippen LogP contribution in [0.15, 0.2) is 31.1 Å². The number of likely N-dealkylation sites (tertiary alicyclic amines) is 2. The van der Waals surface area contributed by atoms with Crippen LogP contribution >= 0.6 is 0 Å². The predicted octanol–water partition coefficient (Wildman–Crippen LogP) is 3.77. The SMILES string of the molecule is C=CC(=O)N1CCC(N2CC(c3cc4c(c(C5CC5)c3)OCc3c(ncnc3N3CCS(=O)CC3)N4)C2)C1.CC. The molecule has 1 amide bonds. The first kappa shape index (κ1) is 27.2. The third kappa shape index (κ3) is 5.23. The van der Waals surface area contributed by atoms with Crippen LogP contribution in [0.1, 0.15) is 61.6 Å². The first-order chi connectivity index (χ1) is 19.6. The van der Waals surface area contributed by atoms with Gasteiger partial charge in [-0.05, 0) is 48.4 Å². The lowest BCUT2D eigenvalue weighted by atomic mass is 9.87. The minimum atomic E-state index is -0.741. The molecule has 1 saturated carbocycles. The molecule has 5 aliphatic rings. The molecule has 1 aromatic carbocycles. The van der Waals surface area contributed by atoms with E-state index < -0.39 is 10.8 Å². The van der Waals surface area contributed by atoms with Crippen LogP contribution in [0.5, 0.6) is 5.75 Å². The summed E-state index contributed by atoms with van der Waals surface area (Å²) in [4.78, 5) is 27.9. The summed E-state index contributed by atoms with van der Waals surface area (Å²) < 4.78 is 18.4. The molecular formula is C30H40N6O3S. The first-order valence-electron chi connectivity index (χ1n) is 14.7. The quantitative estimate of drug-likeness (QED) is 0.549. The number of hydrogen-bond acceptors (Lipinski definition) is 8. The molecule has 9 nitrogen and oxygen atoms in total. The van der Waals surface area contributed by atoms with Crippen LogP contribution in [0.4, 0.5) is 17.3 Å². The summed E-state index contributed by atoms with van der Waals surface area (Å²) in [5.74, 6) is 5.04. The second-order valence-electron chi connectivity index (χ2n) is 11.1. The summed E-state index contributed by atoms with van der Waals surface area (Å²) in [5.41, 5.74) is 4.62. The van der Waals surface area contributed by atoms with Gasteiger partial charge >= 0.3 is 0 Å². The number of nitrogens with one attached hydrogen (secondary N) is 1. The van der Waals surface area contributed by atoms with Crippen LogP contribution in [0.2, 0.25) is 0 Å². The van der Waals surface area contributed by atoms with Crippen LogP contribution < -0.4 is 15.0 Å². The summed E-state index contributed by atoms with van der Waals surface area (Å²) in [6, 6.07) is 5.08. The molecule has 2 aromatic rings. The van der Waals surface area contributed by atoms with E-state index in [1.165, 1.54) is 30.0 Å². The van der Waals surface area contributed by atoms with Crippen molar-refractivity contribution in [2.45, 2.75) is 57.6 Å². The highest BCUT2D eigenvalue weighted by atomic mass is 32.2. The highest BCUT2D eigenvalue weighted by molar-refractivity contribution is 7.85. The molecule has 1 aliphatic carbocycles. The van der Waals surface area contributed by atoms with Crippen molar-refractivity contribution in [3.63, 3.8) is 0 Å². The van der Waals surface area contributed by atoms with Crippen molar-refractivity contribution in [3.05, 3.63) is 47.8 Å². The fraction of sp³-hybridized carbons (Fsp3) is 0.567. The molecule has 1 atom stereocenters. The van der Waals surface area contributed by atoms with Crippen LogP contribution in [0, 0.1) is 0 Å². The number of carbonyl (C=O) groups is 1. The number of fused-ring (bicyclic) bond motifs is 2. The molecule has 214 valence electrons. The van der Waals surface area contributed by atoms with Gasteiger partial charge in [0.25, 0.3) is 0 Å². The van der Waals surface area contributed by atoms with Gasteiger partial charge in [-0.15, -0.1) is 0 Å². The van der Waals surface area contributed by atoms with Gasteiger partial charge in [0.2, 0.25) is 5.91 Å². The van der Waals surface area contributed by atoms with Gasteiger partial charge in [-0.3, -0.25) is 13.9 Å². The molecule has 0 spiro atoms. The zero-order valence-electron chi connectivity index (χ0n) is 23.6. The third-order valence-corrected chi connectivity index (χ3v) is 9.99. The molecule has 0 bridgehead atoms. The summed E-state index contributed by atoms with van der Waals surface area (Å²) in [6.45, 7) is 13.2. The zero-order valence-corrected chi connectivity index (χ0v) is 24.4. The maximum atomic E-state index is 12.0. The highest BCUT2D eigenvalue weighted by Crippen LogP contribution is 2.50. The average Bonchev–Trinajstić information content (AvgIpc) is 3.73. The van der Waals surface area contributed by atoms with E-state index in [4.69, 9.17) is 4.74 Å². The summed E-state index contributed by atoms with van der Waals surface area (Å²) >= 11 is 0. The number of ether oxygens (including phenoxy) is 1. The molecule has 1 aromatic heterocycles. The van der Waals surface area contributed by atoms with Crippen molar-refractivity contribution >= 4 is 34.0 Å². The van der Waals surface area contributed by atoms with E-state index in [1.54, 1.807) is 6.33 Å². The Labute approximate surface area is 239 Å². The van der Waals surface area contributed by atoms with Gasteiger partial charge in [-0.1, -0.05) is 26.5 Å². The molecule has 1 N–H and O–H groups in total. The first-order valence-corrected chi connectivity index (χ1v) is 16.2. The van der Waals surface area contributed by atoms with Crippen molar-refractivity contribution < 1.29 is 13.7 Å². The van der Waals surface area contributed by atoms with Gasteiger partial charge < -0.3 is 19.9 Å². The van der Waals surface area contributed by atoms with Gasteiger partial charge in [-0.2, -0.15) is 0 Å². The van der Waals surface area contributed by atoms with E-state index in [2.05, 4.69) is 43.8 Å². The normalized spacial score (nSPS) is 23.0. The number of nitrogens with zero attached hydrogens (tertiary/aromatic N) is 5. The standard InChI is InChI=1S/C28H34N6O3S.C2H6/c1-2-25(35)33-6-5-21(15-33)34-13-20(14-34)19-11-22(18-3-4-18)26-24(12-19)31-27-23(16-37-26)28(30-17-29-27)32-7-9-38(36)10-8-32;1-2/h2,11-12,17-18,20-21H,1,3-10,13-16H2,(H,29,30,31);1-2H3. The second-order valence-corrected chi connectivity index (χ2v) is 12.8. The molecule has 3 saturated heterocycles. The van der Waals surface area contributed by atoms with Gasteiger partial charge in [-0.25, -0.2) is 9.97 Å². The van der Waals surface area contributed by atoms with Gasteiger partial charge in [0.15, 0.2) is 0 Å². The van der Waals surface area contributed by atoms with Crippen LogP contribution in [0.3, 0.4) is 0 Å². The van der Waals surface area contributed by atoms with E-state index in [-0.39, 0.29) is 5.91 Å². The Morgan fingerprint density at radius 2 is 1.85 bits per heavy atom. The summed E-state index contributed by atoms with van der Waals surface area (Å²) in [7, 11) is -0.741. The zero-order chi connectivity index (χ0) is 27.8. The molecule has 4 aliphatic heterocycles. The fourth-order valence-corrected chi connectivity index (χ4v) is 7.34. The maximum absolute atomic E-state index is 12.0. The Morgan fingerprint density at radius 1 is 1.07 bits per heavy atom. The van der Waals surface area contributed by atoms with E-state index in [0.29, 0.717) is 36.0 Å². The number of anilines is 3. The fourth-order valence-electron chi connectivity index (χ4n) is 6.29. The lowest BCUT2D eigenvalue weighted by Gasteiger charge is -2.43. The minimum Gasteiger partial charge on any atom is -0.486 e. The lowest BCUT2D eigenvalue weighted by Crippen LogP contribution is -2.51. The molecule has 10 heteroatoms. The monoisotopic (exact) mass is 564 g/mol. The van der Waals surface area contributed by atoms with Gasteiger partial charge in [0.05, 0.1) is 11.3 Å². The van der Waals surface area contributed by atoms with E-state index >= 15 is 0 Å². The second kappa shape index (κ2) is 11.5. The van der Waals surface area contributed by atoms with Crippen molar-refractivity contribution in [2.24, 2.45) is 0 Å². The molecule has 40 heavy (non-hydrogen) atoms. The van der Waals surface area contributed by atoms with Crippen LogP contribution in [-0.4, -0.2) is 86.7 Å². The third-order valence-electron chi connectivity index (χ3n) is 8.72.